The van der Waals surface area contributed by atoms with Gasteiger partial charge in [0.15, 0.2) is 0 Å². The monoisotopic (exact) mass is 306 g/mol. The topological polar surface area (TPSA) is 45.0 Å². The summed E-state index contributed by atoms with van der Waals surface area (Å²) in [5, 5.41) is 12.9. The lowest BCUT2D eigenvalue weighted by Gasteiger charge is -2.52. The minimum Gasteiger partial charge on any atom is -0.382 e. The van der Waals surface area contributed by atoms with Gasteiger partial charge in [0.2, 0.25) is 0 Å². The second-order valence-corrected chi connectivity index (χ2v) is 7.18. The Hall–Kier alpha value is -1.24. The van der Waals surface area contributed by atoms with E-state index in [1.54, 1.807) is 6.07 Å². The van der Waals surface area contributed by atoms with Crippen LogP contribution in [0.25, 0.3) is 0 Å². The molecule has 0 radical (unpaired) electrons. The lowest BCUT2D eigenvalue weighted by atomic mass is 9.64. The van der Waals surface area contributed by atoms with E-state index in [1.165, 1.54) is 0 Å². The average molecular weight is 307 g/mol. The number of benzene rings is 1. The highest BCUT2D eigenvalue weighted by Crippen LogP contribution is 2.44. The number of ether oxygens (including phenoxy) is 1. The summed E-state index contributed by atoms with van der Waals surface area (Å²) >= 11 is 6.07. The van der Waals surface area contributed by atoms with Gasteiger partial charge in [0.25, 0.3) is 0 Å². The Bertz CT molecular complexity index is 548. The maximum absolute atomic E-state index is 8.90. The molecular formula is C17H23ClN2O. The molecule has 21 heavy (non-hydrogen) atoms. The van der Waals surface area contributed by atoms with Crippen LogP contribution in [0.2, 0.25) is 5.02 Å². The van der Waals surface area contributed by atoms with Gasteiger partial charge in [-0.25, -0.2) is 0 Å². The van der Waals surface area contributed by atoms with Gasteiger partial charge in [-0.15, -0.1) is 0 Å². The van der Waals surface area contributed by atoms with Crippen molar-refractivity contribution in [1.82, 2.24) is 0 Å². The van der Waals surface area contributed by atoms with Crippen LogP contribution in [0.5, 0.6) is 0 Å². The predicted octanol–water partition coefficient (Wildman–Crippen LogP) is 4.46. The minimum atomic E-state index is 0.0925. The van der Waals surface area contributed by atoms with E-state index in [2.05, 4.69) is 39.1 Å². The van der Waals surface area contributed by atoms with Crippen LogP contribution < -0.4 is 5.32 Å². The van der Waals surface area contributed by atoms with Gasteiger partial charge in [-0.1, -0.05) is 39.3 Å². The third-order valence-corrected chi connectivity index (χ3v) is 4.55. The highest BCUT2D eigenvalue weighted by Gasteiger charge is 2.49. The van der Waals surface area contributed by atoms with Gasteiger partial charge in [0, 0.05) is 23.8 Å². The van der Waals surface area contributed by atoms with E-state index in [0.29, 0.717) is 28.6 Å². The fourth-order valence-electron chi connectivity index (χ4n) is 2.62. The highest BCUT2D eigenvalue weighted by molar-refractivity contribution is 6.32. The molecule has 1 aromatic carbocycles. The first-order valence-electron chi connectivity index (χ1n) is 7.42. The smallest absolute Gasteiger partial charge is 0.101 e. The number of nitriles is 1. The Morgan fingerprint density at radius 1 is 1.48 bits per heavy atom. The van der Waals surface area contributed by atoms with E-state index in [0.717, 1.165) is 18.7 Å². The number of anilines is 1. The van der Waals surface area contributed by atoms with Gasteiger partial charge in [-0.05, 0) is 30.5 Å². The second-order valence-electron chi connectivity index (χ2n) is 6.78. The van der Waals surface area contributed by atoms with Crippen molar-refractivity contribution in [3.05, 3.63) is 28.8 Å². The molecule has 2 unspecified atom stereocenters. The van der Waals surface area contributed by atoms with Crippen LogP contribution in [0.1, 0.15) is 39.7 Å². The fourth-order valence-corrected chi connectivity index (χ4v) is 2.84. The molecule has 0 heterocycles. The normalized spacial score (nSPS) is 23.5. The van der Waals surface area contributed by atoms with Crippen LogP contribution in [-0.4, -0.2) is 18.8 Å². The zero-order valence-electron chi connectivity index (χ0n) is 13.1. The standard InChI is InChI=1S/C17H23ClN2O/c1-11(2)10-21-16-8-15(17(16,3)4)20-13-6-5-12(9-19)14(18)7-13/h5-7,11,15-16,20H,8,10H2,1-4H3. The maximum atomic E-state index is 8.90. The van der Waals surface area contributed by atoms with E-state index in [9.17, 15) is 0 Å². The van der Waals surface area contributed by atoms with Crippen molar-refractivity contribution in [1.29, 1.82) is 5.26 Å². The largest absolute Gasteiger partial charge is 0.382 e. The molecule has 0 aromatic heterocycles. The molecule has 4 heteroatoms. The van der Waals surface area contributed by atoms with Gasteiger partial charge in [0.1, 0.15) is 6.07 Å². The van der Waals surface area contributed by atoms with E-state index in [1.807, 2.05) is 12.1 Å². The number of rotatable bonds is 5. The molecule has 0 saturated heterocycles. The Labute approximate surface area is 132 Å². The van der Waals surface area contributed by atoms with Crippen molar-refractivity contribution in [2.45, 2.75) is 46.3 Å². The summed E-state index contributed by atoms with van der Waals surface area (Å²) in [4.78, 5) is 0. The minimum absolute atomic E-state index is 0.0925. The van der Waals surface area contributed by atoms with E-state index in [4.69, 9.17) is 21.6 Å². The molecule has 114 valence electrons. The van der Waals surface area contributed by atoms with Crippen molar-refractivity contribution in [3.63, 3.8) is 0 Å². The van der Waals surface area contributed by atoms with Gasteiger partial charge in [-0.2, -0.15) is 5.26 Å². The molecule has 0 spiro atoms. The second kappa shape index (κ2) is 6.25. The predicted molar refractivity (Wildman–Crippen MR) is 86.6 cm³/mol. The Morgan fingerprint density at radius 3 is 2.71 bits per heavy atom. The van der Waals surface area contributed by atoms with Gasteiger partial charge >= 0.3 is 0 Å². The average Bonchev–Trinajstić information content (AvgIpc) is 2.41. The van der Waals surface area contributed by atoms with Crippen LogP contribution in [0.15, 0.2) is 18.2 Å². The lowest BCUT2D eigenvalue weighted by molar-refractivity contribution is -0.108. The Kier molecular flexibility index (Phi) is 4.81. The Morgan fingerprint density at radius 2 is 2.19 bits per heavy atom. The molecule has 0 amide bonds. The van der Waals surface area contributed by atoms with E-state index >= 15 is 0 Å². The molecule has 1 saturated carbocycles. The van der Waals surface area contributed by atoms with Gasteiger partial charge in [-0.3, -0.25) is 0 Å². The SMILES string of the molecule is CC(C)COC1CC(Nc2ccc(C#N)c(Cl)c2)C1(C)C. The van der Waals surface area contributed by atoms with Crippen molar-refractivity contribution < 1.29 is 4.74 Å². The van der Waals surface area contributed by atoms with Crippen molar-refractivity contribution in [2.24, 2.45) is 11.3 Å². The lowest BCUT2D eigenvalue weighted by Crippen LogP contribution is -2.58. The number of hydrogen-bond donors (Lipinski definition) is 1. The molecule has 1 fully saturated rings. The van der Waals surface area contributed by atoms with Crippen LogP contribution in [0.3, 0.4) is 0 Å². The number of halogens is 1. The zero-order chi connectivity index (χ0) is 15.6. The molecule has 3 nitrogen and oxygen atoms in total. The van der Waals surface area contributed by atoms with Crippen molar-refractivity contribution in [2.75, 3.05) is 11.9 Å². The van der Waals surface area contributed by atoms with E-state index in [-0.39, 0.29) is 5.41 Å². The summed E-state index contributed by atoms with van der Waals surface area (Å²) in [7, 11) is 0. The van der Waals surface area contributed by atoms with Crippen LogP contribution in [0, 0.1) is 22.7 Å². The molecule has 2 atom stereocenters. The molecule has 1 aliphatic rings. The molecular weight excluding hydrogens is 284 g/mol. The Balaban J connectivity index is 1.96. The van der Waals surface area contributed by atoms with Crippen molar-refractivity contribution >= 4 is 17.3 Å². The van der Waals surface area contributed by atoms with Crippen LogP contribution in [0.4, 0.5) is 5.69 Å². The van der Waals surface area contributed by atoms with Gasteiger partial charge in [0.05, 0.1) is 16.7 Å². The summed E-state index contributed by atoms with van der Waals surface area (Å²) in [6.07, 6.45) is 1.29. The summed E-state index contributed by atoms with van der Waals surface area (Å²) in [5.74, 6) is 0.560. The van der Waals surface area contributed by atoms with Crippen molar-refractivity contribution in [3.8, 4) is 6.07 Å². The number of nitrogens with one attached hydrogen (secondary N) is 1. The highest BCUT2D eigenvalue weighted by atomic mass is 35.5. The molecule has 0 aliphatic heterocycles. The molecule has 1 aliphatic carbocycles. The fraction of sp³-hybridized carbons (Fsp3) is 0.588. The molecule has 1 N–H and O–H groups in total. The number of hydrogen-bond acceptors (Lipinski definition) is 3. The summed E-state index contributed by atoms with van der Waals surface area (Å²) in [6, 6.07) is 7.91. The van der Waals surface area contributed by atoms with Crippen LogP contribution in [-0.2, 0) is 4.74 Å². The third kappa shape index (κ3) is 3.51. The maximum Gasteiger partial charge on any atom is 0.101 e. The van der Waals surface area contributed by atoms with E-state index < -0.39 is 0 Å². The summed E-state index contributed by atoms with van der Waals surface area (Å²) in [6.45, 7) is 9.60. The molecule has 2 rings (SSSR count). The first kappa shape index (κ1) is 16.1. The molecule has 0 bridgehead atoms. The summed E-state index contributed by atoms with van der Waals surface area (Å²) in [5.41, 5.74) is 1.56. The zero-order valence-corrected chi connectivity index (χ0v) is 13.9. The first-order valence-corrected chi connectivity index (χ1v) is 7.80. The first-order chi connectivity index (χ1) is 9.84. The summed E-state index contributed by atoms with van der Waals surface area (Å²) < 4.78 is 5.97. The quantitative estimate of drug-likeness (QED) is 0.873. The van der Waals surface area contributed by atoms with Gasteiger partial charge < -0.3 is 10.1 Å². The number of nitrogens with zero attached hydrogens (tertiary/aromatic N) is 1. The van der Waals surface area contributed by atoms with Crippen LogP contribution >= 0.6 is 11.6 Å². The third-order valence-electron chi connectivity index (χ3n) is 4.24. The molecule has 1 aromatic rings.